The largest absolute Gasteiger partial charge is 0.493 e. The molecule has 2 N–H and O–H groups in total. The van der Waals surface area contributed by atoms with E-state index < -0.39 is 0 Å². The fourth-order valence-electron chi connectivity index (χ4n) is 2.67. The smallest absolute Gasteiger partial charge is 0.262 e. The van der Waals surface area contributed by atoms with Crippen LogP contribution in [0.1, 0.15) is 0 Å². The zero-order valence-electron chi connectivity index (χ0n) is 17.1. The Balaban J connectivity index is 1.50. The number of hydrogen-bond donors (Lipinski definition) is 2. The summed E-state index contributed by atoms with van der Waals surface area (Å²) in [6, 6.07) is 18.5. The molecule has 2 amide bonds. The molecule has 0 aliphatic carbocycles. The van der Waals surface area contributed by atoms with Gasteiger partial charge in [-0.2, -0.15) is 0 Å². The third-order valence-electron chi connectivity index (χ3n) is 4.12. The highest BCUT2D eigenvalue weighted by Crippen LogP contribution is 2.27. The second-order valence-corrected chi connectivity index (χ2v) is 7.30. The SMILES string of the molecule is COc1ccccc1OCC(=O)Nc1cccc(NC(=O)COc2ccc(Cl)c(Cl)c2)c1. The third-order valence-corrected chi connectivity index (χ3v) is 4.86. The summed E-state index contributed by atoms with van der Waals surface area (Å²) in [6.07, 6.45) is 0. The van der Waals surface area contributed by atoms with Crippen molar-refractivity contribution >= 4 is 46.4 Å². The van der Waals surface area contributed by atoms with Gasteiger partial charge >= 0.3 is 0 Å². The first kappa shape index (κ1) is 23.2. The number of methoxy groups -OCH3 is 1. The normalized spacial score (nSPS) is 10.2. The summed E-state index contributed by atoms with van der Waals surface area (Å²) in [7, 11) is 1.53. The molecule has 0 heterocycles. The summed E-state index contributed by atoms with van der Waals surface area (Å²) in [4.78, 5) is 24.4. The van der Waals surface area contributed by atoms with Gasteiger partial charge in [0, 0.05) is 17.4 Å². The molecule has 0 aliphatic rings. The Labute approximate surface area is 195 Å². The zero-order chi connectivity index (χ0) is 22.9. The van der Waals surface area contributed by atoms with E-state index in [1.807, 2.05) is 0 Å². The molecule has 0 aromatic heterocycles. The molecule has 3 rings (SSSR count). The summed E-state index contributed by atoms with van der Waals surface area (Å²) in [6.45, 7) is -0.421. The lowest BCUT2D eigenvalue weighted by Crippen LogP contribution is -2.21. The van der Waals surface area contributed by atoms with Gasteiger partial charge in [-0.15, -0.1) is 0 Å². The maximum absolute atomic E-state index is 12.2. The number of carbonyl (C=O) groups is 2. The van der Waals surface area contributed by atoms with Crippen LogP contribution in [0, 0.1) is 0 Å². The van der Waals surface area contributed by atoms with Crippen LogP contribution >= 0.6 is 23.2 Å². The van der Waals surface area contributed by atoms with Crippen molar-refractivity contribution in [2.75, 3.05) is 31.0 Å². The maximum Gasteiger partial charge on any atom is 0.262 e. The maximum atomic E-state index is 12.2. The molecule has 0 bridgehead atoms. The number of nitrogens with one attached hydrogen (secondary N) is 2. The average Bonchev–Trinajstić information content (AvgIpc) is 2.79. The lowest BCUT2D eigenvalue weighted by Gasteiger charge is -2.12. The van der Waals surface area contributed by atoms with E-state index in [0.29, 0.717) is 38.7 Å². The topological polar surface area (TPSA) is 85.9 Å². The summed E-state index contributed by atoms with van der Waals surface area (Å²) >= 11 is 11.8. The Kier molecular flexibility index (Phi) is 8.19. The second-order valence-electron chi connectivity index (χ2n) is 6.48. The van der Waals surface area contributed by atoms with Crippen molar-refractivity contribution in [3.05, 3.63) is 76.8 Å². The molecule has 0 atom stereocenters. The van der Waals surface area contributed by atoms with Gasteiger partial charge in [-0.25, -0.2) is 0 Å². The van der Waals surface area contributed by atoms with Gasteiger partial charge in [0.25, 0.3) is 11.8 Å². The van der Waals surface area contributed by atoms with Crippen molar-refractivity contribution in [2.45, 2.75) is 0 Å². The molecule has 0 saturated carbocycles. The first-order chi connectivity index (χ1) is 15.4. The van der Waals surface area contributed by atoms with E-state index in [0.717, 1.165) is 0 Å². The fraction of sp³-hybridized carbons (Fsp3) is 0.130. The summed E-state index contributed by atoms with van der Waals surface area (Å²) < 4.78 is 16.1. The number of para-hydroxylation sites is 2. The van der Waals surface area contributed by atoms with Gasteiger partial charge < -0.3 is 24.8 Å². The van der Waals surface area contributed by atoms with Crippen LogP contribution in [0.15, 0.2) is 66.7 Å². The van der Waals surface area contributed by atoms with Crippen molar-refractivity contribution in [1.29, 1.82) is 0 Å². The van der Waals surface area contributed by atoms with Crippen molar-refractivity contribution in [3.8, 4) is 17.2 Å². The first-order valence-electron chi connectivity index (χ1n) is 9.48. The van der Waals surface area contributed by atoms with Crippen molar-refractivity contribution in [3.63, 3.8) is 0 Å². The minimum Gasteiger partial charge on any atom is -0.493 e. The number of rotatable bonds is 9. The lowest BCUT2D eigenvalue weighted by atomic mass is 10.2. The molecule has 3 aromatic carbocycles. The molecular weight excluding hydrogens is 455 g/mol. The van der Waals surface area contributed by atoms with Crippen LogP contribution in [0.25, 0.3) is 0 Å². The van der Waals surface area contributed by atoms with Gasteiger partial charge in [0.15, 0.2) is 24.7 Å². The number of anilines is 2. The molecule has 0 aliphatic heterocycles. The molecule has 0 fully saturated rings. The number of amides is 2. The molecule has 166 valence electrons. The summed E-state index contributed by atoms with van der Waals surface area (Å²) in [5.41, 5.74) is 0.998. The van der Waals surface area contributed by atoms with Crippen LogP contribution in [0.2, 0.25) is 10.0 Å². The van der Waals surface area contributed by atoms with Crippen LogP contribution in [0.3, 0.4) is 0 Å². The molecule has 0 spiro atoms. The molecule has 9 heteroatoms. The Morgan fingerprint density at radius 2 is 1.38 bits per heavy atom. The molecular formula is C23H20Cl2N2O5. The molecule has 32 heavy (non-hydrogen) atoms. The Hall–Kier alpha value is -3.42. The van der Waals surface area contributed by atoms with E-state index in [4.69, 9.17) is 37.4 Å². The predicted octanol–water partition coefficient (Wildman–Crippen LogP) is 5.04. The minimum absolute atomic E-state index is 0.200. The number of benzene rings is 3. The minimum atomic E-state index is -0.376. The molecule has 3 aromatic rings. The molecule has 0 unspecified atom stereocenters. The molecule has 0 radical (unpaired) electrons. The lowest BCUT2D eigenvalue weighted by molar-refractivity contribution is -0.118. The third kappa shape index (κ3) is 6.80. The number of hydrogen-bond acceptors (Lipinski definition) is 5. The molecule has 0 saturated heterocycles. The second kappa shape index (κ2) is 11.3. The van der Waals surface area contributed by atoms with Gasteiger partial charge in [0.2, 0.25) is 0 Å². The van der Waals surface area contributed by atoms with Crippen molar-refractivity contribution in [2.24, 2.45) is 0 Å². The van der Waals surface area contributed by atoms with Crippen LogP contribution in [-0.2, 0) is 9.59 Å². The zero-order valence-corrected chi connectivity index (χ0v) is 18.6. The van der Waals surface area contributed by atoms with Gasteiger partial charge in [-0.1, -0.05) is 41.4 Å². The van der Waals surface area contributed by atoms with Gasteiger partial charge in [-0.05, 0) is 42.5 Å². The van der Waals surface area contributed by atoms with E-state index in [1.54, 1.807) is 60.7 Å². The standard InChI is InChI=1S/C23H20Cl2N2O5/c1-30-20-7-2-3-8-21(20)32-14-23(29)27-16-6-4-5-15(11-16)26-22(28)13-31-17-9-10-18(24)19(25)12-17/h2-12H,13-14H2,1H3,(H,26,28)(H,27,29). The van der Waals surface area contributed by atoms with Gasteiger partial charge in [0.05, 0.1) is 17.2 Å². The predicted molar refractivity (Wildman–Crippen MR) is 124 cm³/mol. The van der Waals surface area contributed by atoms with Gasteiger partial charge in [-0.3, -0.25) is 9.59 Å². The van der Waals surface area contributed by atoms with E-state index >= 15 is 0 Å². The van der Waals surface area contributed by atoms with Gasteiger partial charge in [0.1, 0.15) is 5.75 Å². The summed E-state index contributed by atoms with van der Waals surface area (Å²) in [5.74, 6) is 0.688. The number of ether oxygens (including phenoxy) is 3. The van der Waals surface area contributed by atoms with E-state index in [-0.39, 0.29) is 25.0 Å². The average molecular weight is 475 g/mol. The monoisotopic (exact) mass is 474 g/mol. The highest BCUT2D eigenvalue weighted by atomic mass is 35.5. The van der Waals surface area contributed by atoms with Crippen LogP contribution in [0.5, 0.6) is 17.2 Å². The van der Waals surface area contributed by atoms with Crippen molar-refractivity contribution < 1.29 is 23.8 Å². The first-order valence-corrected chi connectivity index (χ1v) is 10.2. The Bertz CT molecular complexity index is 1110. The number of carbonyl (C=O) groups excluding carboxylic acids is 2. The highest BCUT2D eigenvalue weighted by Gasteiger charge is 2.09. The Morgan fingerprint density at radius 1 is 0.750 bits per heavy atom. The van der Waals surface area contributed by atoms with E-state index in [9.17, 15) is 9.59 Å². The van der Waals surface area contributed by atoms with Crippen LogP contribution in [-0.4, -0.2) is 32.1 Å². The van der Waals surface area contributed by atoms with Crippen LogP contribution < -0.4 is 24.8 Å². The van der Waals surface area contributed by atoms with E-state index in [1.165, 1.54) is 13.2 Å². The van der Waals surface area contributed by atoms with Crippen molar-refractivity contribution in [1.82, 2.24) is 0 Å². The fourth-order valence-corrected chi connectivity index (χ4v) is 2.95. The van der Waals surface area contributed by atoms with Crippen LogP contribution in [0.4, 0.5) is 11.4 Å². The molecule has 7 nitrogen and oxygen atoms in total. The van der Waals surface area contributed by atoms with E-state index in [2.05, 4.69) is 10.6 Å². The Morgan fingerprint density at radius 3 is 2.00 bits per heavy atom. The number of halogens is 2. The highest BCUT2D eigenvalue weighted by molar-refractivity contribution is 6.42. The quantitative estimate of drug-likeness (QED) is 0.453. The summed E-state index contributed by atoms with van der Waals surface area (Å²) in [5, 5.41) is 6.16.